The number of fused-ring (bicyclic) bond motifs is 1. The van der Waals surface area contributed by atoms with E-state index in [9.17, 15) is 9.59 Å². The number of aromatic nitrogens is 1. The fraction of sp³-hybridized carbons (Fsp3) is 0.154. The second-order valence-electron chi connectivity index (χ2n) is 8.65. The minimum absolute atomic E-state index is 0.208. The predicted molar refractivity (Wildman–Crippen MR) is 148 cm³/mol. The topological polar surface area (TPSA) is 74.0 Å². The maximum atomic E-state index is 13.1. The molecule has 1 aliphatic carbocycles. The Bertz CT molecular complexity index is 1510. The second-order valence-corrected chi connectivity index (χ2v) is 11.4. The first-order chi connectivity index (χ1) is 17.1. The zero-order valence-electron chi connectivity index (χ0n) is 18.6. The van der Waals surface area contributed by atoms with Gasteiger partial charge in [-0.2, -0.15) is 0 Å². The van der Waals surface area contributed by atoms with Gasteiger partial charge in [-0.1, -0.05) is 34.8 Å². The van der Waals surface area contributed by atoms with E-state index in [0.29, 0.717) is 27.0 Å². The van der Waals surface area contributed by atoms with E-state index < -0.39 is 28.0 Å². The number of aryl methyl sites for hydroxylation is 1. The monoisotopic (exact) mass is 579 g/mol. The number of benzene rings is 3. The average molecular weight is 582 g/mol. The highest BCUT2D eigenvalue weighted by Gasteiger charge is 2.67. The molecule has 3 aromatic carbocycles. The number of hydrogen-bond donors (Lipinski definition) is 3. The lowest BCUT2D eigenvalue weighted by molar-refractivity contribution is -0.117. The number of alkyl halides is 2. The van der Waals surface area contributed by atoms with Gasteiger partial charge in [0.25, 0.3) is 5.91 Å². The minimum atomic E-state index is -1.32. The van der Waals surface area contributed by atoms with Gasteiger partial charge in [0.15, 0.2) is 0 Å². The SMILES string of the molecule is Cc1c(NC(=O)c2cc(NC(=O)[C@H]3[C@H](c4cc(Cl)cc(Cl)c4)C3(Cl)Cl)ccc2Cl)ccc2[nH]ccc12. The number of hydrogen-bond acceptors (Lipinski definition) is 2. The van der Waals surface area contributed by atoms with Crippen molar-refractivity contribution in [2.24, 2.45) is 5.92 Å². The van der Waals surface area contributed by atoms with E-state index in [1.54, 1.807) is 30.3 Å². The van der Waals surface area contributed by atoms with Crippen molar-refractivity contribution >= 4 is 92.1 Å². The average Bonchev–Trinajstić information content (AvgIpc) is 3.13. The van der Waals surface area contributed by atoms with Gasteiger partial charge in [0.1, 0.15) is 4.33 Å². The zero-order chi connectivity index (χ0) is 25.8. The Hall–Kier alpha value is -2.41. The molecule has 1 fully saturated rings. The summed E-state index contributed by atoms with van der Waals surface area (Å²) in [5, 5.41) is 7.78. The standard InChI is InChI=1S/C26H18Cl5N3O2/c1-12-17-6-7-32-21(17)5-4-20(12)34-24(35)18-11-16(2-3-19(18)29)33-25(36)23-22(26(23,30)31)13-8-14(27)10-15(28)9-13/h2-11,22-23,32H,1H3,(H,33,36)(H,34,35)/t22-,23+/m0/s1. The van der Waals surface area contributed by atoms with Gasteiger partial charge in [-0.25, -0.2) is 0 Å². The van der Waals surface area contributed by atoms with Crippen LogP contribution >= 0.6 is 58.0 Å². The Labute approximate surface area is 232 Å². The zero-order valence-corrected chi connectivity index (χ0v) is 22.4. The number of rotatable bonds is 5. The maximum absolute atomic E-state index is 13.1. The van der Waals surface area contributed by atoms with Gasteiger partial charge in [0.2, 0.25) is 5.91 Å². The van der Waals surface area contributed by atoms with E-state index in [2.05, 4.69) is 15.6 Å². The summed E-state index contributed by atoms with van der Waals surface area (Å²) in [4.78, 5) is 29.3. The molecule has 0 saturated heterocycles. The number of nitrogens with one attached hydrogen (secondary N) is 3. The quantitative estimate of drug-likeness (QED) is 0.208. The van der Waals surface area contributed by atoms with Gasteiger partial charge in [0.05, 0.1) is 16.5 Å². The van der Waals surface area contributed by atoms with Crippen molar-refractivity contribution in [1.82, 2.24) is 4.98 Å². The lowest BCUT2D eigenvalue weighted by atomic mass is 10.1. The molecule has 10 heteroatoms. The first-order valence-corrected chi connectivity index (χ1v) is 12.8. The Morgan fingerprint density at radius 2 is 1.64 bits per heavy atom. The van der Waals surface area contributed by atoms with Crippen LogP contribution in [0, 0.1) is 12.8 Å². The summed E-state index contributed by atoms with van der Waals surface area (Å²) in [5.41, 5.74) is 3.81. The number of aromatic amines is 1. The summed E-state index contributed by atoms with van der Waals surface area (Å²) in [6.45, 7) is 1.92. The van der Waals surface area contributed by atoms with E-state index in [-0.39, 0.29) is 10.6 Å². The summed E-state index contributed by atoms with van der Waals surface area (Å²) in [5.74, 6) is -2.03. The van der Waals surface area contributed by atoms with Gasteiger partial charge in [-0.15, -0.1) is 23.2 Å². The van der Waals surface area contributed by atoms with Gasteiger partial charge in [-0.05, 0) is 72.6 Å². The fourth-order valence-electron chi connectivity index (χ4n) is 4.43. The van der Waals surface area contributed by atoms with Crippen LogP contribution in [0.1, 0.15) is 27.4 Å². The molecule has 1 saturated carbocycles. The number of amides is 2. The molecule has 1 aliphatic rings. The van der Waals surface area contributed by atoms with Crippen molar-refractivity contribution in [3.8, 4) is 0 Å². The minimum Gasteiger partial charge on any atom is -0.361 e. The first-order valence-electron chi connectivity index (χ1n) is 10.9. The Balaban J connectivity index is 1.34. The van der Waals surface area contributed by atoms with Crippen molar-refractivity contribution in [1.29, 1.82) is 0 Å². The number of halogens is 5. The molecule has 0 bridgehead atoms. The second kappa shape index (κ2) is 9.47. The molecule has 5 nitrogen and oxygen atoms in total. The van der Waals surface area contributed by atoms with E-state index in [0.717, 1.165) is 16.5 Å². The van der Waals surface area contributed by atoms with Gasteiger partial charge in [0, 0.05) is 44.4 Å². The predicted octanol–water partition coefficient (Wildman–Crippen LogP) is 8.21. The Kier molecular flexibility index (Phi) is 6.64. The summed E-state index contributed by atoms with van der Waals surface area (Å²) in [7, 11) is 0. The molecule has 184 valence electrons. The van der Waals surface area contributed by atoms with Gasteiger partial charge < -0.3 is 15.6 Å². The number of anilines is 2. The van der Waals surface area contributed by atoms with Crippen LogP contribution in [0.2, 0.25) is 15.1 Å². The Morgan fingerprint density at radius 3 is 2.36 bits per heavy atom. The third-order valence-electron chi connectivity index (χ3n) is 6.31. The molecule has 2 amide bonds. The van der Waals surface area contributed by atoms with E-state index in [1.165, 1.54) is 6.07 Å². The van der Waals surface area contributed by atoms with E-state index in [1.807, 2.05) is 31.3 Å². The largest absolute Gasteiger partial charge is 0.361 e. The molecule has 1 aromatic heterocycles. The highest BCUT2D eigenvalue weighted by Crippen LogP contribution is 2.65. The lowest BCUT2D eigenvalue weighted by Crippen LogP contribution is -2.18. The van der Waals surface area contributed by atoms with Crippen molar-refractivity contribution in [3.63, 3.8) is 0 Å². The van der Waals surface area contributed by atoms with Crippen LogP contribution in [0.15, 0.2) is 60.8 Å². The first kappa shape index (κ1) is 25.2. The molecular formula is C26H18Cl5N3O2. The highest BCUT2D eigenvalue weighted by atomic mass is 35.5. The number of H-pyrrole nitrogens is 1. The van der Waals surface area contributed by atoms with Crippen LogP contribution in [0.5, 0.6) is 0 Å². The summed E-state index contributed by atoms with van der Waals surface area (Å²) in [6, 6.07) is 15.3. The van der Waals surface area contributed by atoms with Crippen molar-refractivity contribution < 1.29 is 9.59 Å². The van der Waals surface area contributed by atoms with E-state index >= 15 is 0 Å². The van der Waals surface area contributed by atoms with Crippen molar-refractivity contribution in [3.05, 3.63) is 92.6 Å². The molecule has 0 aliphatic heterocycles. The van der Waals surface area contributed by atoms with Crippen LogP contribution in [0.3, 0.4) is 0 Å². The van der Waals surface area contributed by atoms with Crippen molar-refractivity contribution in [2.45, 2.75) is 17.2 Å². The molecule has 0 unspecified atom stereocenters. The fourth-order valence-corrected chi connectivity index (χ4v) is 6.00. The summed E-state index contributed by atoms with van der Waals surface area (Å²) < 4.78 is -1.32. The van der Waals surface area contributed by atoms with E-state index in [4.69, 9.17) is 58.0 Å². The van der Waals surface area contributed by atoms with Crippen LogP contribution in [-0.2, 0) is 4.79 Å². The molecule has 5 rings (SSSR count). The van der Waals surface area contributed by atoms with Gasteiger partial charge in [-0.3, -0.25) is 9.59 Å². The molecule has 1 heterocycles. The smallest absolute Gasteiger partial charge is 0.257 e. The van der Waals surface area contributed by atoms with Crippen LogP contribution in [0.25, 0.3) is 10.9 Å². The molecule has 0 radical (unpaired) electrons. The number of carbonyl (C=O) groups is 2. The number of carbonyl (C=O) groups excluding carboxylic acids is 2. The maximum Gasteiger partial charge on any atom is 0.257 e. The van der Waals surface area contributed by atoms with Crippen LogP contribution in [-0.4, -0.2) is 21.1 Å². The van der Waals surface area contributed by atoms with Gasteiger partial charge >= 0.3 is 0 Å². The third kappa shape index (κ3) is 4.67. The summed E-state index contributed by atoms with van der Waals surface area (Å²) in [6.07, 6.45) is 1.84. The molecule has 0 spiro atoms. The van der Waals surface area contributed by atoms with Crippen molar-refractivity contribution in [2.75, 3.05) is 10.6 Å². The summed E-state index contributed by atoms with van der Waals surface area (Å²) >= 11 is 31.4. The molecule has 2 atom stereocenters. The molecule has 3 N–H and O–H groups in total. The third-order valence-corrected chi connectivity index (χ3v) is 8.02. The Morgan fingerprint density at radius 1 is 0.917 bits per heavy atom. The molecule has 4 aromatic rings. The van der Waals surface area contributed by atoms with Crippen LogP contribution < -0.4 is 10.6 Å². The van der Waals surface area contributed by atoms with Crippen LogP contribution in [0.4, 0.5) is 11.4 Å². The highest BCUT2D eigenvalue weighted by molar-refractivity contribution is 6.53. The molecular weight excluding hydrogens is 564 g/mol. The lowest BCUT2D eigenvalue weighted by Gasteiger charge is -2.12. The normalized spacial score (nSPS) is 18.2. The molecule has 36 heavy (non-hydrogen) atoms.